The predicted octanol–water partition coefficient (Wildman–Crippen LogP) is 3.99. The number of aliphatic hydroxyl groups is 1. The van der Waals surface area contributed by atoms with Crippen LogP contribution in [0.1, 0.15) is 56.4 Å². The number of aromatic nitrogens is 2. The minimum atomic E-state index is -1.18. The van der Waals surface area contributed by atoms with Crippen molar-refractivity contribution in [3.63, 3.8) is 0 Å². The van der Waals surface area contributed by atoms with Crippen molar-refractivity contribution in [1.82, 2.24) is 9.97 Å². The fourth-order valence-corrected chi connectivity index (χ4v) is 6.24. The van der Waals surface area contributed by atoms with Crippen LogP contribution in [0, 0.1) is 6.92 Å². The Hall–Kier alpha value is -4.68. The Balaban J connectivity index is 1.20. The van der Waals surface area contributed by atoms with Crippen molar-refractivity contribution >= 4 is 28.6 Å². The van der Waals surface area contributed by atoms with Gasteiger partial charge in [0.1, 0.15) is 51.6 Å². The normalized spacial score (nSPS) is 21.4. The third-order valence-electron chi connectivity index (χ3n) is 8.76. The number of hydrogen-bond acceptors (Lipinski definition) is 12. The number of unbranched alkanes of at least 4 members (excludes halogenated alkanes) is 1. The summed E-state index contributed by atoms with van der Waals surface area (Å²) in [7, 11) is 0. The largest absolute Gasteiger partial charge is 0.507 e. The second kappa shape index (κ2) is 11.9. The number of fused-ring (bicyclic) bond motifs is 2. The zero-order valence-corrected chi connectivity index (χ0v) is 26.0. The number of carbonyl (C=O) groups excluding carboxylic acids is 1. The van der Waals surface area contributed by atoms with Gasteiger partial charge in [-0.15, -0.1) is 0 Å². The molecule has 0 aliphatic carbocycles. The van der Waals surface area contributed by atoms with Crippen LogP contribution in [0.15, 0.2) is 51.8 Å². The number of epoxide rings is 1. The van der Waals surface area contributed by atoms with Gasteiger partial charge in [0.25, 0.3) is 0 Å². The summed E-state index contributed by atoms with van der Waals surface area (Å²) in [4.78, 5) is 35.0. The van der Waals surface area contributed by atoms with E-state index in [-0.39, 0.29) is 35.2 Å². The van der Waals surface area contributed by atoms with Crippen LogP contribution in [0.25, 0.3) is 22.2 Å². The molecule has 242 valence electrons. The molecule has 46 heavy (non-hydrogen) atoms. The molecule has 12 nitrogen and oxygen atoms in total. The average Bonchev–Trinajstić information content (AvgIpc) is 3.70. The van der Waals surface area contributed by atoms with Crippen molar-refractivity contribution in [2.45, 2.75) is 82.7 Å². The first kappa shape index (κ1) is 31.3. The highest BCUT2D eigenvalue weighted by Gasteiger charge is 2.63. The number of phenolic OH excluding ortho intramolecular Hbond substituents is 1. The standard InChI is InChI=1S/C34H38N4O8/c1-18-12-23(40)30-25(43-18)17-24-21(31(30)41)16-27(33(2,3)45-24)44-32(42)34(9-4-5-11-39)26(46-34)7-6-19-13-22(38-29(36)14-19)20-8-10-37-28(35)15-20/h8,10,12-15,17,26-27,39,41H,4-7,9,11,16H2,1-3H3,(H2,35,37)(H2,36,38)/t26-,27-,34+/m1/s1. The number of nitrogens with zero attached hydrogens (tertiary/aromatic N) is 2. The van der Waals surface area contributed by atoms with E-state index in [2.05, 4.69) is 9.97 Å². The summed E-state index contributed by atoms with van der Waals surface area (Å²) in [5.74, 6) is 0.729. The lowest BCUT2D eigenvalue weighted by Crippen LogP contribution is -2.50. The minimum Gasteiger partial charge on any atom is -0.507 e. The summed E-state index contributed by atoms with van der Waals surface area (Å²) < 4.78 is 24.1. The van der Waals surface area contributed by atoms with E-state index in [1.54, 1.807) is 51.2 Å². The van der Waals surface area contributed by atoms with Crippen LogP contribution in [0.3, 0.4) is 0 Å². The Morgan fingerprint density at radius 2 is 1.93 bits per heavy atom. The van der Waals surface area contributed by atoms with E-state index < -0.39 is 29.4 Å². The van der Waals surface area contributed by atoms with Crippen LogP contribution in [-0.4, -0.2) is 56.2 Å². The molecule has 2 aliphatic rings. The Morgan fingerprint density at radius 3 is 2.70 bits per heavy atom. The minimum absolute atomic E-state index is 0.00455. The van der Waals surface area contributed by atoms with Gasteiger partial charge >= 0.3 is 5.97 Å². The smallest absolute Gasteiger partial charge is 0.341 e. The van der Waals surface area contributed by atoms with Crippen molar-refractivity contribution in [2.24, 2.45) is 0 Å². The fourth-order valence-electron chi connectivity index (χ4n) is 6.24. The highest BCUT2D eigenvalue weighted by Crippen LogP contribution is 2.47. The molecule has 0 spiro atoms. The van der Waals surface area contributed by atoms with E-state index in [9.17, 15) is 19.8 Å². The van der Waals surface area contributed by atoms with Gasteiger partial charge in [0.15, 0.2) is 11.0 Å². The van der Waals surface area contributed by atoms with Gasteiger partial charge < -0.3 is 40.3 Å². The number of hydrogen-bond donors (Lipinski definition) is 4. The Bertz CT molecular complexity index is 1870. The lowest BCUT2D eigenvalue weighted by Gasteiger charge is -2.39. The van der Waals surface area contributed by atoms with Crippen molar-refractivity contribution in [3.05, 3.63) is 69.7 Å². The van der Waals surface area contributed by atoms with Crippen molar-refractivity contribution in [1.29, 1.82) is 0 Å². The van der Waals surface area contributed by atoms with Crippen LogP contribution in [0.4, 0.5) is 11.6 Å². The molecule has 0 amide bonds. The van der Waals surface area contributed by atoms with Crippen molar-refractivity contribution in [3.8, 4) is 22.8 Å². The molecule has 0 radical (unpaired) electrons. The predicted molar refractivity (Wildman–Crippen MR) is 170 cm³/mol. The zero-order valence-electron chi connectivity index (χ0n) is 26.0. The molecule has 0 bridgehead atoms. The van der Waals surface area contributed by atoms with E-state index in [1.807, 2.05) is 6.07 Å². The van der Waals surface area contributed by atoms with Gasteiger partial charge in [-0.3, -0.25) is 4.79 Å². The number of nitrogen functional groups attached to an aromatic ring is 2. The molecule has 4 aromatic rings. The molecule has 3 aromatic heterocycles. The number of aromatic hydroxyl groups is 1. The van der Waals surface area contributed by atoms with Gasteiger partial charge in [0, 0.05) is 42.5 Å². The number of nitrogens with two attached hydrogens (primary N) is 2. The second-order valence-corrected chi connectivity index (χ2v) is 12.6. The third kappa shape index (κ3) is 5.97. The Labute approximate surface area is 265 Å². The van der Waals surface area contributed by atoms with Gasteiger partial charge in [0.2, 0.25) is 0 Å². The molecule has 1 aromatic carbocycles. The van der Waals surface area contributed by atoms with Crippen molar-refractivity contribution in [2.75, 3.05) is 18.1 Å². The number of ether oxygens (including phenoxy) is 3. The molecule has 3 atom stereocenters. The van der Waals surface area contributed by atoms with Crippen LogP contribution in [0.2, 0.25) is 0 Å². The summed E-state index contributed by atoms with van der Waals surface area (Å²) in [6.45, 7) is 5.25. The number of pyridine rings is 2. The first-order chi connectivity index (χ1) is 21.9. The van der Waals surface area contributed by atoms with E-state index in [4.69, 9.17) is 30.1 Å². The molecular weight excluding hydrogens is 592 g/mol. The van der Waals surface area contributed by atoms with Gasteiger partial charge in [-0.1, -0.05) is 0 Å². The van der Waals surface area contributed by atoms with Crippen LogP contribution < -0.4 is 21.6 Å². The molecule has 1 saturated heterocycles. The lowest BCUT2D eigenvalue weighted by atomic mass is 9.89. The topological polar surface area (TPSA) is 197 Å². The summed E-state index contributed by atoms with van der Waals surface area (Å²) in [6.07, 6.45) is 3.06. The van der Waals surface area contributed by atoms with E-state index in [0.717, 1.165) is 11.1 Å². The molecule has 1 fully saturated rings. The number of rotatable bonds is 10. The fraction of sp³-hybridized carbons (Fsp3) is 0.412. The number of anilines is 2. The molecule has 0 saturated carbocycles. The van der Waals surface area contributed by atoms with E-state index >= 15 is 0 Å². The van der Waals surface area contributed by atoms with E-state index in [0.29, 0.717) is 66.5 Å². The van der Waals surface area contributed by atoms with Gasteiger partial charge in [0.05, 0.1) is 11.8 Å². The van der Waals surface area contributed by atoms with E-state index in [1.165, 1.54) is 6.07 Å². The third-order valence-corrected chi connectivity index (χ3v) is 8.76. The molecular formula is C34H38N4O8. The zero-order chi connectivity index (χ0) is 32.8. The summed E-state index contributed by atoms with van der Waals surface area (Å²) in [5.41, 5.74) is 12.4. The van der Waals surface area contributed by atoms with Crippen LogP contribution in [0.5, 0.6) is 11.5 Å². The Kier molecular flexibility index (Phi) is 8.11. The highest BCUT2D eigenvalue weighted by atomic mass is 16.7. The molecule has 6 N–H and O–H groups in total. The van der Waals surface area contributed by atoms with Crippen LogP contribution >= 0.6 is 0 Å². The maximum atomic E-state index is 13.9. The second-order valence-electron chi connectivity index (χ2n) is 12.6. The SMILES string of the molecule is Cc1cc(=O)c2c(O)c3c(cc2o1)OC(C)(C)[C@H](OC(=O)[C@@]1(CCCCO)O[C@@H]1CCc1cc(N)nc(-c2ccnc(N)c2)c1)C3. The quantitative estimate of drug-likeness (QED) is 0.112. The number of carbonyl (C=O) groups is 1. The molecule has 6 rings (SSSR count). The molecule has 2 aliphatic heterocycles. The number of phenols is 1. The van der Waals surface area contributed by atoms with Gasteiger partial charge in [-0.25, -0.2) is 14.8 Å². The first-order valence-corrected chi connectivity index (χ1v) is 15.4. The summed E-state index contributed by atoms with van der Waals surface area (Å²) in [5, 5.41) is 20.6. The lowest BCUT2D eigenvalue weighted by molar-refractivity contribution is -0.168. The number of aryl methyl sites for hydroxylation is 2. The van der Waals surface area contributed by atoms with Gasteiger partial charge in [-0.2, -0.15) is 0 Å². The van der Waals surface area contributed by atoms with Crippen molar-refractivity contribution < 1.29 is 33.6 Å². The Morgan fingerprint density at radius 1 is 1.13 bits per heavy atom. The number of aliphatic hydroxyl groups excluding tert-OH is 1. The van der Waals surface area contributed by atoms with Crippen LogP contribution in [-0.2, 0) is 27.1 Å². The molecule has 5 heterocycles. The summed E-state index contributed by atoms with van der Waals surface area (Å²) >= 11 is 0. The number of esters is 1. The molecule has 0 unspecified atom stereocenters. The average molecular weight is 631 g/mol. The van der Waals surface area contributed by atoms with Gasteiger partial charge in [-0.05, 0) is 82.7 Å². The maximum Gasteiger partial charge on any atom is 0.341 e. The first-order valence-electron chi connectivity index (χ1n) is 15.4. The number of benzene rings is 1. The highest BCUT2D eigenvalue weighted by molar-refractivity contribution is 5.87. The summed E-state index contributed by atoms with van der Waals surface area (Å²) in [6, 6.07) is 10.2. The molecule has 12 heteroatoms. The monoisotopic (exact) mass is 630 g/mol. The maximum absolute atomic E-state index is 13.9.